The highest BCUT2D eigenvalue weighted by Gasteiger charge is 2.57. The lowest BCUT2D eigenvalue weighted by atomic mass is 9.55. The number of aliphatic hydroxyl groups excluding tert-OH is 1. The Hall–Kier alpha value is -0.120. The number of hydrogen-bond donors (Lipinski definition) is 2. The molecule has 0 aromatic rings. The van der Waals surface area contributed by atoms with Gasteiger partial charge in [0.05, 0.1) is 6.10 Å². The topological polar surface area (TPSA) is 41.5 Å². The molecule has 1 saturated heterocycles. The van der Waals surface area contributed by atoms with Gasteiger partial charge in [-0.2, -0.15) is 0 Å². The molecule has 1 aliphatic heterocycles. The van der Waals surface area contributed by atoms with E-state index < -0.39 is 0 Å². The maximum Gasteiger partial charge on any atom is 0.0684 e. The third-order valence-corrected chi connectivity index (χ3v) is 4.53. The first-order chi connectivity index (χ1) is 8.18. The molecule has 3 nitrogen and oxygen atoms in total. The zero-order chi connectivity index (χ0) is 12.3. The number of ether oxygens (including phenoxy) is 1. The SMILES string of the molecule is CC1(C)C(NCCCCCO)C2CCCOC21. The molecule has 2 N–H and O–H groups in total. The molecule has 100 valence electrons. The number of fused-ring (bicyclic) bond motifs is 1. The van der Waals surface area contributed by atoms with Gasteiger partial charge in [0.1, 0.15) is 0 Å². The third-order valence-electron chi connectivity index (χ3n) is 4.53. The lowest BCUT2D eigenvalue weighted by Crippen LogP contribution is -2.69. The molecule has 0 amide bonds. The molecule has 1 aliphatic carbocycles. The van der Waals surface area contributed by atoms with Gasteiger partial charge in [-0.1, -0.05) is 13.8 Å². The van der Waals surface area contributed by atoms with Crippen LogP contribution in [0.2, 0.25) is 0 Å². The Morgan fingerprint density at radius 1 is 1.29 bits per heavy atom. The van der Waals surface area contributed by atoms with Crippen LogP contribution >= 0.6 is 0 Å². The van der Waals surface area contributed by atoms with E-state index >= 15 is 0 Å². The van der Waals surface area contributed by atoms with Crippen LogP contribution in [0.4, 0.5) is 0 Å². The van der Waals surface area contributed by atoms with Crippen LogP contribution in [-0.4, -0.2) is 37.0 Å². The van der Waals surface area contributed by atoms with Gasteiger partial charge in [-0.05, 0) is 38.6 Å². The summed E-state index contributed by atoms with van der Waals surface area (Å²) in [4.78, 5) is 0. The Morgan fingerprint density at radius 3 is 2.88 bits per heavy atom. The van der Waals surface area contributed by atoms with Crippen LogP contribution < -0.4 is 5.32 Å². The molecule has 2 rings (SSSR count). The number of nitrogens with one attached hydrogen (secondary N) is 1. The highest BCUT2D eigenvalue weighted by molar-refractivity contribution is 5.10. The van der Waals surface area contributed by atoms with Gasteiger partial charge in [0.15, 0.2) is 0 Å². The van der Waals surface area contributed by atoms with E-state index in [-0.39, 0.29) is 0 Å². The Labute approximate surface area is 105 Å². The fraction of sp³-hybridized carbons (Fsp3) is 1.00. The molecular formula is C14H27NO2. The van der Waals surface area contributed by atoms with Crippen molar-refractivity contribution >= 4 is 0 Å². The van der Waals surface area contributed by atoms with Gasteiger partial charge in [0, 0.05) is 30.6 Å². The predicted octanol–water partition coefficient (Wildman–Crippen LogP) is 1.94. The summed E-state index contributed by atoms with van der Waals surface area (Å²) in [5, 5.41) is 12.4. The Kier molecular flexibility index (Phi) is 4.45. The molecule has 1 heterocycles. The summed E-state index contributed by atoms with van der Waals surface area (Å²) in [7, 11) is 0. The van der Waals surface area contributed by atoms with E-state index in [0.29, 0.717) is 24.2 Å². The molecule has 0 aromatic heterocycles. The smallest absolute Gasteiger partial charge is 0.0684 e. The molecule has 1 saturated carbocycles. The maximum atomic E-state index is 8.73. The Morgan fingerprint density at radius 2 is 2.12 bits per heavy atom. The summed E-state index contributed by atoms with van der Waals surface area (Å²) in [6.45, 7) is 7.01. The van der Waals surface area contributed by atoms with Gasteiger partial charge in [-0.25, -0.2) is 0 Å². The molecule has 0 aromatic carbocycles. The largest absolute Gasteiger partial charge is 0.396 e. The first kappa shape index (κ1) is 13.3. The molecule has 2 aliphatic rings. The second-order valence-electron chi connectivity index (χ2n) is 6.13. The zero-order valence-electron chi connectivity index (χ0n) is 11.2. The minimum Gasteiger partial charge on any atom is -0.396 e. The van der Waals surface area contributed by atoms with Gasteiger partial charge >= 0.3 is 0 Å². The summed E-state index contributed by atoms with van der Waals surface area (Å²) in [6, 6.07) is 0.627. The van der Waals surface area contributed by atoms with E-state index in [0.717, 1.165) is 31.9 Å². The van der Waals surface area contributed by atoms with E-state index in [1.165, 1.54) is 19.3 Å². The molecule has 3 unspecified atom stereocenters. The van der Waals surface area contributed by atoms with Gasteiger partial charge in [-0.15, -0.1) is 0 Å². The van der Waals surface area contributed by atoms with Crippen molar-refractivity contribution in [2.45, 2.75) is 58.1 Å². The Balaban J connectivity index is 1.72. The first-order valence-corrected chi connectivity index (χ1v) is 7.14. The third kappa shape index (κ3) is 2.67. The average Bonchev–Trinajstić information content (AvgIpc) is 2.33. The normalized spacial score (nSPS) is 35.1. The number of rotatable bonds is 6. The van der Waals surface area contributed by atoms with Crippen LogP contribution in [0.15, 0.2) is 0 Å². The fourth-order valence-corrected chi connectivity index (χ4v) is 3.61. The minimum absolute atomic E-state index is 0.294. The summed E-state index contributed by atoms with van der Waals surface area (Å²) in [5.74, 6) is 0.733. The highest BCUT2D eigenvalue weighted by atomic mass is 16.5. The molecule has 3 heteroatoms. The van der Waals surface area contributed by atoms with Crippen LogP contribution in [0.3, 0.4) is 0 Å². The van der Waals surface area contributed by atoms with E-state index in [1.54, 1.807) is 0 Å². The van der Waals surface area contributed by atoms with Crippen molar-refractivity contribution in [3.8, 4) is 0 Å². The van der Waals surface area contributed by atoms with E-state index in [4.69, 9.17) is 9.84 Å². The second-order valence-corrected chi connectivity index (χ2v) is 6.13. The summed E-state index contributed by atoms with van der Waals surface area (Å²) in [5.41, 5.74) is 0.294. The van der Waals surface area contributed by atoms with Crippen LogP contribution in [0.1, 0.15) is 46.0 Å². The Bertz CT molecular complexity index is 242. The number of aliphatic hydroxyl groups is 1. The van der Waals surface area contributed by atoms with Gasteiger partial charge < -0.3 is 15.2 Å². The van der Waals surface area contributed by atoms with Crippen molar-refractivity contribution in [1.29, 1.82) is 0 Å². The second kappa shape index (κ2) is 5.68. The first-order valence-electron chi connectivity index (χ1n) is 7.14. The van der Waals surface area contributed by atoms with E-state index in [2.05, 4.69) is 19.2 Å². The lowest BCUT2D eigenvalue weighted by Gasteiger charge is -2.60. The number of unbranched alkanes of at least 4 members (excludes halogenated alkanes) is 2. The zero-order valence-corrected chi connectivity index (χ0v) is 11.2. The molecule has 17 heavy (non-hydrogen) atoms. The molecular weight excluding hydrogens is 214 g/mol. The monoisotopic (exact) mass is 241 g/mol. The van der Waals surface area contributed by atoms with Crippen molar-refractivity contribution in [1.82, 2.24) is 5.32 Å². The van der Waals surface area contributed by atoms with Crippen molar-refractivity contribution in [2.24, 2.45) is 11.3 Å². The number of hydrogen-bond acceptors (Lipinski definition) is 3. The van der Waals surface area contributed by atoms with Crippen molar-refractivity contribution < 1.29 is 9.84 Å². The summed E-state index contributed by atoms with van der Waals surface area (Å²) < 4.78 is 5.89. The van der Waals surface area contributed by atoms with Crippen molar-refractivity contribution in [2.75, 3.05) is 19.8 Å². The molecule has 2 fully saturated rings. The van der Waals surface area contributed by atoms with Crippen molar-refractivity contribution in [3.63, 3.8) is 0 Å². The predicted molar refractivity (Wildman–Crippen MR) is 69.0 cm³/mol. The van der Waals surface area contributed by atoms with Crippen molar-refractivity contribution in [3.05, 3.63) is 0 Å². The quantitative estimate of drug-likeness (QED) is 0.698. The lowest BCUT2D eigenvalue weighted by molar-refractivity contribution is -0.192. The van der Waals surface area contributed by atoms with Crippen LogP contribution in [0.5, 0.6) is 0 Å². The maximum absolute atomic E-state index is 8.73. The highest BCUT2D eigenvalue weighted by Crippen LogP contribution is 2.51. The minimum atomic E-state index is 0.294. The van der Waals surface area contributed by atoms with Gasteiger partial charge in [0.25, 0.3) is 0 Å². The summed E-state index contributed by atoms with van der Waals surface area (Å²) >= 11 is 0. The van der Waals surface area contributed by atoms with Crippen LogP contribution in [0, 0.1) is 11.3 Å². The average molecular weight is 241 g/mol. The van der Waals surface area contributed by atoms with E-state index in [9.17, 15) is 0 Å². The molecule has 0 radical (unpaired) electrons. The summed E-state index contributed by atoms with van der Waals surface area (Å²) in [6.07, 6.45) is 6.26. The molecule has 0 bridgehead atoms. The van der Waals surface area contributed by atoms with Gasteiger partial charge in [-0.3, -0.25) is 0 Å². The molecule has 3 atom stereocenters. The molecule has 0 spiro atoms. The van der Waals surface area contributed by atoms with Crippen LogP contribution in [-0.2, 0) is 4.74 Å². The fourth-order valence-electron chi connectivity index (χ4n) is 3.61. The van der Waals surface area contributed by atoms with Crippen LogP contribution in [0.25, 0.3) is 0 Å². The van der Waals surface area contributed by atoms with E-state index in [1.807, 2.05) is 0 Å². The van der Waals surface area contributed by atoms with Gasteiger partial charge in [0.2, 0.25) is 0 Å². The standard InChI is InChI=1S/C14H27NO2/c1-14(2)12(15-8-4-3-5-9-16)11-7-6-10-17-13(11)14/h11-13,15-16H,3-10H2,1-2H3.